The van der Waals surface area contributed by atoms with Crippen molar-refractivity contribution in [2.75, 3.05) is 0 Å². The molecule has 1 aliphatic rings. The van der Waals surface area contributed by atoms with Gasteiger partial charge in [0.1, 0.15) is 27.2 Å². The molecule has 1 rings (SSSR count). The van der Waals surface area contributed by atoms with Crippen molar-refractivity contribution in [1.82, 2.24) is 0 Å². The summed E-state index contributed by atoms with van der Waals surface area (Å²) in [6.07, 6.45) is 3.55. The standard InChI is InChI=1S/C3H3IN2/c1-2-5-3-6-4-1/h1-3H/p+1. The summed E-state index contributed by atoms with van der Waals surface area (Å²) in [6.45, 7) is 0. The van der Waals surface area contributed by atoms with Crippen LogP contribution in [0.5, 0.6) is 0 Å². The monoisotopic (exact) mass is 195 g/mol. The smallest absolute Gasteiger partial charge is 0.225 e. The molecule has 0 saturated heterocycles. The van der Waals surface area contributed by atoms with Crippen LogP contribution in [0.3, 0.4) is 0 Å². The fraction of sp³-hybridized carbons (Fsp3) is 0. The molecular formula is C3H4IN2+. The highest BCUT2D eigenvalue weighted by molar-refractivity contribution is 14.2. The average Bonchev–Trinajstić information content (AvgIpc) is 1.72. The first kappa shape index (κ1) is 4.11. The van der Waals surface area contributed by atoms with Gasteiger partial charge in [-0.3, -0.25) is 0 Å². The Balaban J connectivity index is 2.77. The average molecular weight is 195 g/mol. The van der Waals surface area contributed by atoms with Gasteiger partial charge in [0.2, 0.25) is 0 Å². The van der Waals surface area contributed by atoms with Crippen molar-refractivity contribution in [3.63, 3.8) is 0 Å². The summed E-state index contributed by atoms with van der Waals surface area (Å²) in [5.74, 6) is 0. The first-order chi connectivity index (χ1) is 3.00. The number of nitrogens with one attached hydrogen (secondary N) is 1. The molecule has 6 heavy (non-hydrogen) atoms. The molecule has 0 aromatic rings. The Morgan fingerprint density at radius 1 is 1.67 bits per heavy atom. The Morgan fingerprint density at radius 2 is 2.67 bits per heavy atom. The van der Waals surface area contributed by atoms with E-state index in [4.69, 9.17) is 0 Å². The number of halogens is 1. The van der Waals surface area contributed by atoms with Crippen molar-refractivity contribution in [2.45, 2.75) is 0 Å². The quantitative estimate of drug-likeness (QED) is 0.515. The van der Waals surface area contributed by atoms with Crippen LogP contribution in [0.4, 0.5) is 0 Å². The van der Waals surface area contributed by atoms with Crippen LogP contribution in [0.2, 0.25) is 0 Å². The lowest BCUT2D eigenvalue weighted by Crippen LogP contribution is -2.59. The van der Waals surface area contributed by atoms with E-state index in [1.807, 2.05) is 6.20 Å². The van der Waals surface area contributed by atoms with Crippen LogP contribution in [-0.4, -0.2) is 6.34 Å². The summed E-state index contributed by atoms with van der Waals surface area (Å²) in [4.78, 5) is 3.79. The topological polar surface area (TPSA) is 26.3 Å². The van der Waals surface area contributed by atoms with Crippen LogP contribution < -0.4 is 3.15 Å². The van der Waals surface area contributed by atoms with Crippen LogP contribution in [0.15, 0.2) is 15.3 Å². The molecule has 0 aliphatic carbocycles. The zero-order valence-electron chi connectivity index (χ0n) is 3.06. The molecule has 0 atom stereocenters. The second kappa shape index (κ2) is 2.17. The molecule has 0 spiro atoms. The summed E-state index contributed by atoms with van der Waals surface area (Å²) < 4.78 is 5.08. The van der Waals surface area contributed by atoms with Gasteiger partial charge >= 0.3 is 0 Å². The zero-order valence-corrected chi connectivity index (χ0v) is 5.21. The van der Waals surface area contributed by atoms with Crippen molar-refractivity contribution < 1.29 is 3.15 Å². The molecular weight excluding hydrogens is 191 g/mol. The summed E-state index contributed by atoms with van der Waals surface area (Å²) in [6, 6.07) is 0. The first-order valence-corrected chi connectivity index (χ1v) is 3.87. The van der Waals surface area contributed by atoms with E-state index in [1.165, 1.54) is 0 Å². The maximum Gasteiger partial charge on any atom is 0.287 e. The Kier molecular flexibility index (Phi) is 1.49. The minimum absolute atomic E-state index is 0.135. The maximum absolute atomic E-state index is 3.79. The molecule has 1 aliphatic heterocycles. The fourth-order valence-corrected chi connectivity index (χ4v) is 1.07. The molecule has 0 aromatic heterocycles. The molecule has 3 heteroatoms. The highest BCUT2D eigenvalue weighted by Crippen LogP contribution is 1.89. The van der Waals surface area contributed by atoms with Crippen LogP contribution in [0, 0.1) is 0 Å². The third kappa shape index (κ3) is 0.965. The Hall–Kier alpha value is -0.0600. The lowest BCUT2D eigenvalue weighted by Gasteiger charge is -1.66. The van der Waals surface area contributed by atoms with Gasteiger partial charge in [-0.15, -0.1) is 0 Å². The van der Waals surface area contributed by atoms with Gasteiger partial charge < -0.3 is 0 Å². The molecule has 1 N–H and O–H groups in total. The van der Waals surface area contributed by atoms with Gasteiger partial charge in [-0.2, -0.15) is 0 Å². The van der Waals surface area contributed by atoms with Crippen LogP contribution in [0.1, 0.15) is 0 Å². The van der Waals surface area contributed by atoms with Gasteiger partial charge in [0.05, 0.1) is 4.08 Å². The van der Waals surface area contributed by atoms with Gasteiger partial charge in [0, 0.05) is 0 Å². The van der Waals surface area contributed by atoms with Crippen molar-refractivity contribution >= 4 is 27.4 Å². The van der Waals surface area contributed by atoms with Crippen molar-refractivity contribution in [2.24, 2.45) is 4.99 Å². The van der Waals surface area contributed by atoms with E-state index in [2.05, 4.69) is 12.2 Å². The number of hydrogen-bond donors (Lipinski definition) is 1. The Morgan fingerprint density at radius 3 is 2.83 bits per heavy atom. The Bertz CT molecular complexity index is 78.2. The third-order valence-corrected chi connectivity index (χ3v) is 1.71. The van der Waals surface area contributed by atoms with Crippen molar-refractivity contribution in [3.8, 4) is 0 Å². The summed E-state index contributed by atoms with van der Waals surface area (Å²) in [5, 5.41) is 0. The SMILES string of the molecule is C1=CI=[NH+]C=N1. The minimum atomic E-state index is 0.135. The highest BCUT2D eigenvalue weighted by Gasteiger charge is 1.77. The normalized spacial score (nSPS) is 17.3. The largest absolute Gasteiger partial charge is 0.287 e. The van der Waals surface area contributed by atoms with Gasteiger partial charge in [-0.05, 0) is 0 Å². The minimum Gasteiger partial charge on any atom is -0.225 e. The predicted molar refractivity (Wildman–Crippen MR) is 32.6 cm³/mol. The lowest BCUT2D eigenvalue weighted by molar-refractivity contribution is -0.235. The van der Waals surface area contributed by atoms with E-state index in [0.29, 0.717) is 0 Å². The van der Waals surface area contributed by atoms with Crippen molar-refractivity contribution in [3.05, 3.63) is 10.3 Å². The fourth-order valence-electron chi connectivity index (χ4n) is 0.196. The van der Waals surface area contributed by atoms with Crippen LogP contribution in [0.25, 0.3) is 0 Å². The van der Waals surface area contributed by atoms with Crippen LogP contribution >= 0.6 is 21.0 Å². The Labute approximate surface area is 46.1 Å². The van der Waals surface area contributed by atoms with E-state index < -0.39 is 0 Å². The number of nitrogens with zero attached hydrogens (tertiary/aromatic N) is 1. The predicted octanol–water partition coefficient (Wildman–Crippen LogP) is -0.266. The lowest BCUT2D eigenvalue weighted by atomic mass is 11.0. The van der Waals surface area contributed by atoms with E-state index >= 15 is 0 Å². The number of aliphatic imine (C=N–C) groups is 1. The molecule has 0 fully saturated rings. The van der Waals surface area contributed by atoms with E-state index in [9.17, 15) is 0 Å². The summed E-state index contributed by atoms with van der Waals surface area (Å²) in [7, 11) is 0. The number of rotatable bonds is 0. The second-order valence-corrected chi connectivity index (χ2v) is 2.74. The van der Waals surface area contributed by atoms with Gasteiger partial charge in [0.15, 0.2) is 0 Å². The van der Waals surface area contributed by atoms with Gasteiger partial charge in [0.25, 0.3) is 6.34 Å². The second-order valence-electron chi connectivity index (χ2n) is 0.771. The molecule has 0 aromatic carbocycles. The van der Waals surface area contributed by atoms with Crippen LogP contribution in [-0.2, 0) is 0 Å². The molecule has 32 valence electrons. The summed E-state index contributed by atoms with van der Waals surface area (Å²) in [5.41, 5.74) is 0. The molecule has 0 unspecified atom stereocenters. The van der Waals surface area contributed by atoms with E-state index in [0.717, 1.165) is 0 Å². The molecule has 0 amide bonds. The third-order valence-electron chi connectivity index (χ3n) is 0.392. The highest BCUT2D eigenvalue weighted by atomic mass is 127. The number of hydrogen-bond acceptors (Lipinski definition) is 1. The van der Waals surface area contributed by atoms with E-state index in [-0.39, 0.29) is 21.0 Å². The molecule has 0 radical (unpaired) electrons. The molecule has 2 nitrogen and oxygen atoms in total. The van der Waals surface area contributed by atoms with Crippen molar-refractivity contribution in [1.29, 1.82) is 0 Å². The summed E-state index contributed by atoms with van der Waals surface area (Å²) >= 11 is 0.135. The van der Waals surface area contributed by atoms with Gasteiger partial charge in [-0.25, -0.2) is 3.15 Å². The molecule has 0 saturated carbocycles. The molecule has 1 heterocycles. The molecule has 0 bridgehead atoms. The van der Waals surface area contributed by atoms with Gasteiger partial charge in [-0.1, -0.05) is 4.99 Å². The zero-order chi connectivity index (χ0) is 4.24. The van der Waals surface area contributed by atoms with E-state index in [1.54, 1.807) is 6.34 Å². The maximum atomic E-state index is 3.79. The first-order valence-electron chi connectivity index (χ1n) is 1.55.